The number of carbonyl (C=O) groups excluding carboxylic acids is 1. The summed E-state index contributed by atoms with van der Waals surface area (Å²) in [7, 11) is 3.07. The number of hydrogen-bond donors (Lipinski definition) is 0. The maximum Gasteiger partial charge on any atom is 0.170 e. The summed E-state index contributed by atoms with van der Waals surface area (Å²) in [5.74, 6) is -0.115. The van der Waals surface area contributed by atoms with Crippen molar-refractivity contribution in [3.8, 4) is 5.75 Å². The number of methoxy groups -OCH3 is 1. The van der Waals surface area contributed by atoms with Gasteiger partial charge >= 0.3 is 0 Å². The Hall–Kier alpha value is -2.24. The van der Waals surface area contributed by atoms with Gasteiger partial charge in [0.1, 0.15) is 12.2 Å². The molecule has 0 saturated heterocycles. The van der Waals surface area contributed by atoms with Gasteiger partial charge in [-0.3, -0.25) is 9.48 Å². The first-order valence-corrected chi connectivity index (χ1v) is 5.31. The number of ketones is 1. The highest BCUT2D eigenvalue weighted by atomic mass is 19.1. The Kier molecular flexibility index (Phi) is 3.36. The van der Waals surface area contributed by atoms with E-state index in [-0.39, 0.29) is 23.5 Å². The molecule has 1 aromatic carbocycles. The highest BCUT2D eigenvalue weighted by molar-refractivity contribution is 5.97. The van der Waals surface area contributed by atoms with Gasteiger partial charge in [0.25, 0.3) is 0 Å². The minimum Gasteiger partial charge on any atom is -0.494 e. The lowest BCUT2D eigenvalue weighted by Crippen LogP contribution is -2.09. The molecule has 0 saturated carbocycles. The summed E-state index contributed by atoms with van der Waals surface area (Å²) in [5.41, 5.74) is 0.288. The number of carbonyl (C=O) groups is 1. The second kappa shape index (κ2) is 4.95. The summed E-state index contributed by atoms with van der Waals surface area (Å²) >= 11 is 0. The average molecular weight is 249 g/mol. The van der Waals surface area contributed by atoms with Gasteiger partial charge in [0, 0.05) is 12.6 Å². The molecular weight excluding hydrogens is 237 g/mol. The first-order chi connectivity index (χ1) is 8.61. The molecule has 0 atom stereocenters. The molecule has 0 bridgehead atoms. The number of ether oxygens (including phenoxy) is 1. The fraction of sp³-hybridized carbons (Fsp3) is 0.250. The zero-order valence-electron chi connectivity index (χ0n) is 10.1. The van der Waals surface area contributed by atoms with Gasteiger partial charge in [-0.2, -0.15) is 5.10 Å². The maximum absolute atomic E-state index is 13.5. The zero-order valence-corrected chi connectivity index (χ0v) is 10.1. The summed E-state index contributed by atoms with van der Waals surface area (Å²) in [4.78, 5) is 15.9. The van der Waals surface area contributed by atoms with Crippen LogP contribution in [-0.2, 0) is 13.5 Å². The van der Waals surface area contributed by atoms with Crippen molar-refractivity contribution < 1.29 is 13.9 Å². The molecule has 0 aliphatic rings. The summed E-state index contributed by atoms with van der Waals surface area (Å²) in [5, 5.41) is 3.87. The van der Waals surface area contributed by atoms with Gasteiger partial charge in [-0.15, -0.1) is 0 Å². The van der Waals surface area contributed by atoms with Gasteiger partial charge < -0.3 is 4.74 Å². The number of rotatable bonds is 4. The van der Waals surface area contributed by atoms with Crippen LogP contribution in [0.3, 0.4) is 0 Å². The third-order valence-corrected chi connectivity index (χ3v) is 2.60. The van der Waals surface area contributed by atoms with Crippen LogP contribution in [0, 0.1) is 5.82 Å². The predicted octanol–water partition coefficient (Wildman–Crippen LogP) is 1.39. The molecule has 6 heteroatoms. The molecular formula is C12H12FN3O2. The number of halogens is 1. The minimum atomic E-state index is -0.554. The van der Waals surface area contributed by atoms with Crippen LogP contribution in [0.25, 0.3) is 0 Å². The van der Waals surface area contributed by atoms with Crippen LogP contribution < -0.4 is 4.74 Å². The Labute approximate surface area is 103 Å². The molecule has 2 rings (SSSR count). The number of nitrogens with zero attached hydrogens (tertiary/aromatic N) is 3. The highest BCUT2D eigenvalue weighted by Crippen LogP contribution is 2.18. The van der Waals surface area contributed by atoms with E-state index in [0.717, 1.165) is 6.07 Å². The van der Waals surface area contributed by atoms with Crippen molar-refractivity contribution in [3.05, 3.63) is 41.7 Å². The second-order valence-corrected chi connectivity index (χ2v) is 3.75. The van der Waals surface area contributed by atoms with Crippen LogP contribution in [0.4, 0.5) is 4.39 Å². The average Bonchev–Trinajstić information content (AvgIpc) is 2.75. The van der Waals surface area contributed by atoms with Gasteiger partial charge in [0.2, 0.25) is 0 Å². The van der Waals surface area contributed by atoms with Crippen molar-refractivity contribution in [1.29, 1.82) is 0 Å². The molecule has 2 aromatic rings. The van der Waals surface area contributed by atoms with Gasteiger partial charge in [-0.05, 0) is 18.2 Å². The summed E-state index contributed by atoms with van der Waals surface area (Å²) in [6.45, 7) is 0. The SMILES string of the molecule is COc1ccc(C(=O)Cc2ncnn2C)cc1F. The molecule has 0 aliphatic heterocycles. The molecule has 0 spiro atoms. The molecule has 1 heterocycles. The summed E-state index contributed by atoms with van der Waals surface area (Å²) in [6.07, 6.45) is 1.46. The van der Waals surface area contributed by atoms with Crippen molar-refractivity contribution in [3.63, 3.8) is 0 Å². The van der Waals surface area contributed by atoms with Crippen molar-refractivity contribution in [2.75, 3.05) is 7.11 Å². The normalized spacial score (nSPS) is 10.4. The number of aromatic nitrogens is 3. The molecule has 0 aliphatic carbocycles. The molecule has 0 amide bonds. The van der Waals surface area contributed by atoms with E-state index in [1.807, 2.05) is 0 Å². The summed E-state index contributed by atoms with van der Waals surface area (Å²) < 4.78 is 19.8. The Bertz CT molecular complexity index is 580. The first-order valence-electron chi connectivity index (χ1n) is 5.31. The van der Waals surface area contributed by atoms with E-state index < -0.39 is 5.82 Å². The van der Waals surface area contributed by atoms with Crippen LogP contribution in [0.5, 0.6) is 5.75 Å². The molecule has 94 valence electrons. The van der Waals surface area contributed by atoms with Crippen LogP contribution in [0.1, 0.15) is 16.2 Å². The molecule has 0 unspecified atom stereocenters. The van der Waals surface area contributed by atoms with Crippen LogP contribution >= 0.6 is 0 Å². The molecule has 1 aromatic heterocycles. The lowest BCUT2D eigenvalue weighted by atomic mass is 10.1. The molecule has 0 radical (unpaired) electrons. The smallest absolute Gasteiger partial charge is 0.170 e. The highest BCUT2D eigenvalue weighted by Gasteiger charge is 2.13. The van der Waals surface area contributed by atoms with Gasteiger partial charge in [0.15, 0.2) is 17.3 Å². The molecule has 18 heavy (non-hydrogen) atoms. The van der Waals surface area contributed by atoms with Gasteiger partial charge in [-0.1, -0.05) is 0 Å². The predicted molar refractivity (Wildman–Crippen MR) is 62.0 cm³/mol. The van der Waals surface area contributed by atoms with Crippen LogP contribution in [-0.4, -0.2) is 27.7 Å². The van der Waals surface area contributed by atoms with E-state index in [4.69, 9.17) is 4.74 Å². The number of benzene rings is 1. The molecule has 0 fully saturated rings. The van der Waals surface area contributed by atoms with Crippen LogP contribution in [0.2, 0.25) is 0 Å². The fourth-order valence-electron chi connectivity index (χ4n) is 1.57. The summed E-state index contributed by atoms with van der Waals surface area (Å²) in [6, 6.07) is 4.12. The number of hydrogen-bond acceptors (Lipinski definition) is 4. The third-order valence-electron chi connectivity index (χ3n) is 2.60. The van der Waals surface area contributed by atoms with E-state index in [1.165, 1.54) is 30.3 Å². The first kappa shape index (κ1) is 12.2. The molecule has 0 N–H and O–H groups in total. The maximum atomic E-state index is 13.5. The Morgan fingerprint density at radius 2 is 2.28 bits per heavy atom. The van der Waals surface area contributed by atoms with E-state index in [2.05, 4.69) is 10.1 Å². The third kappa shape index (κ3) is 2.37. The lowest BCUT2D eigenvalue weighted by molar-refractivity contribution is 0.0989. The van der Waals surface area contributed by atoms with E-state index in [0.29, 0.717) is 5.82 Å². The van der Waals surface area contributed by atoms with Gasteiger partial charge in [0.05, 0.1) is 13.5 Å². The zero-order chi connectivity index (χ0) is 13.1. The largest absolute Gasteiger partial charge is 0.494 e. The van der Waals surface area contributed by atoms with Crippen molar-refractivity contribution in [2.24, 2.45) is 7.05 Å². The fourth-order valence-corrected chi connectivity index (χ4v) is 1.57. The topological polar surface area (TPSA) is 57.0 Å². The lowest BCUT2D eigenvalue weighted by Gasteiger charge is -2.04. The second-order valence-electron chi connectivity index (χ2n) is 3.75. The van der Waals surface area contributed by atoms with Crippen molar-refractivity contribution in [1.82, 2.24) is 14.8 Å². The number of aryl methyl sites for hydroxylation is 1. The van der Waals surface area contributed by atoms with E-state index in [1.54, 1.807) is 7.05 Å². The van der Waals surface area contributed by atoms with Crippen molar-refractivity contribution in [2.45, 2.75) is 6.42 Å². The standard InChI is InChI=1S/C12H12FN3O2/c1-16-12(14-7-15-16)6-10(17)8-3-4-11(18-2)9(13)5-8/h3-5,7H,6H2,1-2H3. The van der Waals surface area contributed by atoms with Gasteiger partial charge in [-0.25, -0.2) is 9.37 Å². The quantitative estimate of drug-likeness (QED) is 0.768. The monoisotopic (exact) mass is 249 g/mol. The van der Waals surface area contributed by atoms with E-state index >= 15 is 0 Å². The Morgan fingerprint density at radius 1 is 1.50 bits per heavy atom. The molecule has 5 nitrogen and oxygen atoms in total. The van der Waals surface area contributed by atoms with Crippen LogP contribution in [0.15, 0.2) is 24.5 Å². The minimum absolute atomic E-state index is 0.0856. The number of Topliss-reactive ketones (excluding diaryl/α,β-unsaturated/α-hetero) is 1. The Morgan fingerprint density at radius 3 is 2.83 bits per heavy atom. The van der Waals surface area contributed by atoms with E-state index in [9.17, 15) is 9.18 Å². The van der Waals surface area contributed by atoms with Crippen molar-refractivity contribution >= 4 is 5.78 Å². The Balaban J connectivity index is 2.19.